The van der Waals surface area contributed by atoms with Gasteiger partial charge in [-0.3, -0.25) is 9.36 Å². The summed E-state index contributed by atoms with van der Waals surface area (Å²) in [6, 6.07) is 5.74. The highest BCUT2D eigenvalue weighted by Gasteiger charge is 2.22. The third-order valence-electron chi connectivity index (χ3n) is 3.67. The summed E-state index contributed by atoms with van der Waals surface area (Å²) in [4.78, 5) is 1.21. The second kappa shape index (κ2) is 6.50. The fourth-order valence-electron chi connectivity index (χ4n) is 2.56. The summed E-state index contributed by atoms with van der Waals surface area (Å²) in [5, 5.41) is 10.4. The van der Waals surface area contributed by atoms with Gasteiger partial charge in [0.2, 0.25) is 10.0 Å². The Morgan fingerprint density at radius 1 is 1.38 bits per heavy atom. The molecule has 0 spiro atoms. The van der Waals surface area contributed by atoms with E-state index in [1.807, 2.05) is 42.1 Å². The van der Waals surface area contributed by atoms with Crippen molar-refractivity contribution in [2.24, 2.45) is 7.05 Å². The molecule has 3 aromatic rings. The summed E-state index contributed by atoms with van der Waals surface area (Å²) >= 11 is 1.58. The highest BCUT2D eigenvalue weighted by molar-refractivity contribution is 7.89. The molecule has 3 heterocycles. The van der Waals surface area contributed by atoms with Crippen LogP contribution in [0.15, 0.2) is 40.9 Å². The van der Waals surface area contributed by atoms with Gasteiger partial charge in [0.05, 0.1) is 17.9 Å². The molecule has 1 N–H and O–H groups in total. The molecule has 3 aromatic heterocycles. The van der Waals surface area contributed by atoms with E-state index in [9.17, 15) is 8.42 Å². The number of thiophene rings is 1. The third-order valence-corrected chi connectivity index (χ3v) is 6.02. The predicted molar refractivity (Wildman–Crippen MR) is 92.6 cm³/mol. The average molecular weight is 365 g/mol. The summed E-state index contributed by atoms with van der Waals surface area (Å²) in [5.41, 5.74) is 1.90. The van der Waals surface area contributed by atoms with Gasteiger partial charge in [0.1, 0.15) is 4.90 Å². The van der Waals surface area contributed by atoms with E-state index >= 15 is 0 Å². The first kappa shape index (κ1) is 16.9. The Morgan fingerprint density at radius 3 is 2.71 bits per heavy atom. The minimum atomic E-state index is -3.61. The molecule has 0 radical (unpaired) electrons. The molecule has 0 aliphatic rings. The van der Waals surface area contributed by atoms with Gasteiger partial charge in [-0.25, -0.2) is 13.1 Å². The minimum absolute atomic E-state index is 0.156. The zero-order valence-electron chi connectivity index (χ0n) is 13.7. The van der Waals surface area contributed by atoms with Gasteiger partial charge in [0.15, 0.2) is 0 Å². The van der Waals surface area contributed by atoms with Gasteiger partial charge in [-0.1, -0.05) is 6.07 Å². The fraction of sp³-hybridized carbons (Fsp3) is 0.333. The van der Waals surface area contributed by atoms with Gasteiger partial charge in [0, 0.05) is 30.4 Å². The van der Waals surface area contributed by atoms with Crippen LogP contribution in [0.5, 0.6) is 0 Å². The Kier molecular flexibility index (Phi) is 4.57. The maximum atomic E-state index is 12.5. The molecule has 3 rings (SSSR count). The normalized spacial score (nSPS) is 13.3. The van der Waals surface area contributed by atoms with Crippen LogP contribution in [-0.4, -0.2) is 34.5 Å². The van der Waals surface area contributed by atoms with Crippen LogP contribution in [0.4, 0.5) is 0 Å². The number of hydrogen-bond acceptors (Lipinski definition) is 5. The molecular formula is C15H19N5O2S2. The zero-order valence-corrected chi connectivity index (χ0v) is 15.3. The first-order chi connectivity index (χ1) is 11.4. The van der Waals surface area contributed by atoms with Crippen LogP contribution >= 0.6 is 11.3 Å². The van der Waals surface area contributed by atoms with E-state index < -0.39 is 10.0 Å². The molecule has 9 heteroatoms. The number of nitrogens with one attached hydrogen (secondary N) is 1. The number of sulfonamides is 1. The summed E-state index contributed by atoms with van der Waals surface area (Å²) in [5.74, 6) is 0. The monoisotopic (exact) mass is 365 g/mol. The van der Waals surface area contributed by atoms with Crippen LogP contribution in [0.3, 0.4) is 0 Å². The Morgan fingerprint density at radius 2 is 2.17 bits per heavy atom. The molecule has 128 valence electrons. The van der Waals surface area contributed by atoms with Crippen molar-refractivity contribution in [3.8, 4) is 0 Å². The van der Waals surface area contributed by atoms with Crippen molar-refractivity contribution in [2.75, 3.05) is 6.54 Å². The number of hydrogen-bond donors (Lipinski definition) is 1. The van der Waals surface area contributed by atoms with Crippen molar-refractivity contribution >= 4 is 21.4 Å². The lowest BCUT2D eigenvalue weighted by atomic mass is 10.2. The molecular weight excluding hydrogens is 346 g/mol. The molecule has 24 heavy (non-hydrogen) atoms. The lowest BCUT2D eigenvalue weighted by Gasteiger charge is -2.18. The molecule has 0 fully saturated rings. The standard InChI is InChI=1S/C15H19N5O2S2/c1-11-7-12(2)20(18-11)14(15-5-4-6-23-15)9-17-24(21,22)13-8-16-19(3)10-13/h4-8,10,14,17H,9H2,1-3H3. The van der Waals surface area contributed by atoms with Crippen LogP contribution in [-0.2, 0) is 17.1 Å². The summed E-state index contributed by atoms with van der Waals surface area (Å²) < 4.78 is 30.9. The number of aryl methyl sites for hydroxylation is 3. The van der Waals surface area contributed by atoms with Crippen LogP contribution in [0.1, 0.15) is 22.3 Å². The molecule has 0 aliphatic carbocycles. The smallest absolute Gasteiger partial charge is 0.243 e. The van der Waals surface area contributed by atoms with E-state index in [1.165, 1.54) is 17.1 Å². The maximum Gasteiger partial charge on any atom is 0.243 e. The first-order valence-electron chi connectivity index (χ1n) is 7.41. The van der Waals surface area contributed by atoms with Crippen molar-refractivity contribution in [3.05, 3.63) is 52.2 Å². The van der Waals surface area contributed by atoms with E-state index in [-0.39, 0.29) is 17.5 Å². The number of nitrogens with zero attached hydrogens (tertiary/aromatic N) is 4. The van der Waals surface area contributed by atoms with Crippen molar-refractivity contribution in [3.63, 3.8) is 0 Å². The first-order valence-corrected chi connectivity index (χ1v) is 9.77. The molecule has 1 atom stereocenters. The van der Waals surface area contributed by atoms with E-state index in [0.29, 0.717) is 0 Å². The van der Waals surface area contributed by atoms with Crippen LogP contribution in [0.2, 0.25) is 0 Å². The molecule has 7 nitrogen and oxygen atoms in total. The van der Waals surface area contributed by atoms with Gasteiger partial charge >= 0.3 is 0 Å². The lowest BCUT2D eigenvalue weighted by molar-refractivity contribution is 0.499. The molecule has 0 saturated carbocycles. The van der Waals surface area contributed by atoms with Crippen LogP contribution in [0.25, 0.3) is 0 Å². The van der Waals surface area contributed by atoms with Crippen LogP contribution in [0, 0.1) is 13.8 Å². The molecule has 0 saturated heterocycles. The fourth-order valence-corrected chi connectivity index (χ4v) is 4.39. The van der Waals surface area contributed by atoms with Gasteiger partial charge in [0.25, 0.3) is 0 Å². The van der Waals surface area contributed by atoms with Gasteiger partial charge in [-0.05, 0) is 31.4 Å². The Balaban J connectivity index is 1.87. The lowest BCUT2D eigenvalue weighted by Crippen LogP contribution is -2.31. The third kappa shape index (κ3) is 3.42. The number of aromatic nitrogens is 4. The molecule has 0 aliphatic heterocycles. The summed E-state index contributed by atoms with van der Waals surface area (Å²) in [7, 11) is -1.93. The second-order valence-corrected chi connectivity index (χ2v) is 8.35. The van der Waals surface area contributed by atoms with Crippen molar-refractivity contribution in [1.29, 1.82) is 0 Å². The van der Waals surface area contributed by atoms with E-state index in [1.54, 1.807) is 18.4 Å². The molecule has 0 bridgehead atoms. The zero-order chi connectivity index (χ0) is 17.3. The highest BCUT2D eigenvalue weighted by Crippen LogP contribution is 2.24. The van der Waals surface area contributed by atoms with E-state index in [0.717, 1.165) is 16.3 Å². The van der Waals surface area contributed by atoms with Crippen LogP contribution < -0.4 is 4.72 Å². The Bertz CT molecular complexity index is 925. The van der Waals surface area contributed by atoms with Gasteiger partial charge < -0.3 is 0 Å². The summed E-state index contributed by atoms with van der Waals surface area (Å²) in [6.07, 6.45) is 2.82. The average Bonchev–Trinajstić information content (AvgIpc) is 3.22. The van der Waals surface area contributed by atoms with Crippen molar-refractivity contribution in [1.82, 2.24) is 24.3 Å². The Hall–Kier alpha value is -1.97. The topological polar surface area (TPSA) is 81.8 Å². The number of rotatable bonds is 6. The minimum Gasteiger partial charge on any atom is -0.274 e. The van der Waals surface area contributed by atoms with Crippen molar-refractivity contribution in [2.45, 2.75) is 24.8 Å². The predicted octanol–water partition coefficient (Wildman–Crippen LogP) is 1.86. The Labute approximate surface area is 145 Å². The van der Waals surface area contributed by atoms with E-state index in [2.05, 4.69) is 14.9 Å². The molecule has 0 aromatic carbocycles. The SMILES string of the molecule is Cc1cc(C)n(C(CNS(=O)(=O)c2cnn(C)c2)c2cccs2)n1. The highest BCUT2D eigenvalue weighted by atomic mass is 32.2. The van der Waals surface area contributed by atoms with Gasteiger partial charge in [-0.2, -0.15) is 10.2 Å². The maximum absolute atomic E-state index is 12.5. The van der Waals surface area contributed by atoms with Gasteiger partial charge in [-0.15, -0.1) is 11.3 Å². The molecule has 1 unspecified atom stereocenters. The summed E-state index contributed by atoms with van der Waals surface area (Å²) in [6.45, 7) is 4.12. The van der Waals surface area contributed by atoms with E-state index in [4.69, 9.17) is 0 Å². The largest absolute Gasteiger partial charge is 0.274 e. The quantitative estimate of drug-likeness (QED) is 0.723. The van der Waals surface area contributed by atoms with Crippen molar-refractivity contribution < 1.29 is 8.42 Å². The second-order valence-electron chi connectivity index (χ2n) is 5.60. The molecule has 0 amide bonds.